The van der Waals surface area contributed by atoms with Gasteiger partial charge in [-0.05, 0) is 42.5 Å². The zero-order valence-electron chi connectivity index (χ0n) is 17.1. The van der Waals surface area contributed by atoms with Gasteiger partial charge in [0.25, 0.3) is 0 Å². The molecule has 2 aromatic heterocycles. The fourth-order valence-electron chi connectivity index (χ4n) is 3.65. The molecule has 0 bridgehead atoms. The van der Waals surface area contributed by atoms with E-state index in [1.165, 1.54) is 17.0 Å². The number of piperazine rings is 1. The Morgan fingerprint density at radius 3 is 1.88 bits per heavy atom. The maximum atomic E-state index is 11.0. The number of hydrogen-bond acceptors (Lipinski definition) is 8. The molecular weight excluding hydrogens is 424 g/mol. The summed E-state index contributed by atoms with van der Waals surface area (Å²) in [7, 11) is 0. The molecule has 9 heteroatoms. The Balaban J connectivity index is 1.25. The van der Waals surface area contributed by atoms with E-state index in [1.54, 1.807) is 36.7 Å². The number of benzene rings is 2. The second kappa shape index (κ2) is 8.72. The van der Waals surface area contributed by atoms with Crippen LogP contribution in [0.1, 0.15) is 10.4 Å². The summed E-state index contributed by atoms with van der Waals surface area (Å²) < 4.78 is 0. The molecule has 3 heterocycles. The van der Waals surface area contributed by atoms with Crippen LogP contribution in [-0.2, 0) is 0 Å². The molecule has 0 atom stereocenters. The number of nitrogens with zero attached hydrogens (tertiary/aromatic N) is 6. The van der Waals surface area contributed by atoms with Crippen LogP contribution in [0.4, 0.5) is 11.6 Å². The highest BCUT2D eigenvalue weighted by Gasteiger charge is 2.19. The summed E-state index contributed by atoms with van der Waals surface area (Å²) in [6, 6.07) is 16.9. The van der Waals surface area contributed by atoms with E-state index in [9.17, 15) is 4.79 Å². The van der Waals surface area contributed by atoms with Crippen LogP contribution in [-0.4, -0.2) is 57.4 Å². The minimum absolute atomic E-state index is 0.256. The molecule has 0 unspecified atom stereocenters. The number of carboxylic acids is 1. The van der Waals surface area contributed by atoms with Gasteiger partial charge in [0, 0.05) is 55.4 Å². The normalized spacial score (nSPS) is 13.9. The van der Waals surface area contributed by atoms with Crippen LogP contribution in [0.3, 0.4) is 0 Å². The monoisotopic (exact) mass is 444 g/mol. The van der Waals surface area contributed by atoms with Gasteiger partial charge in [-0.15, -0.1) is 10.2 Å². The van der Waals surface area contributed by atoms with E-state index in [1.807, 2.05) is 6.07 Å². The van der Waals surface area contributed by atoms with Crippen molar-refractivity contribution in [1.82, 2.24) is 20.2 Å². The molecule has 0 radical (unpaired) electrons. The van der Waals surface area contributed by atoms with Crippen LogP contribution in [0.25, 0.3) is 21.1 Å². The van der Waals surface area contributed by atoms with E-state index in [0.717, 1.165) is 53.3 Å². The Morgan fingerprint density at radius 1 is 0.781 bits per heavy atom. The number of carboxylic acid groups (broad SMARTS) is 1. The molecule has 8 nitrogen and oxygen atoms in total. The van der Waals surface area contributed by atoms with Gasteiger partial charge in [-0.25, -0.2) is 14.8 Å². The van der Waals surface area contributed by atoms with Crippen molar-refractivity contribution in [2.24, 2.45) is 0 Å². The van der Waals surface area contributed by atoms with Gasteiger partial charge < -0.3 is 14.9 Å². The molecule has 1 saturated heterocycles. The topological polar surface area (TPSA) is 95.3 Å². The number of anilines is 2. The Morgan fingerprint density at radius 2 is 1.31 bits per heavy atom. The van der Waals surface area contributed by atoms with Gasteiger partial charge in [0.05, 0.1) is 5.56 Å². The highest BCUT2D eigenvalue weighted by Crippen LogP contribution is 2.31. The van der Waals surface area contributed by atoms with Crippen molar-refractivity contribution in [2.75, 3.05) is 36.0 Å². The molecule has 1 fully saturated rings. The summed E-state index contributed by atoms with van der Waals surface area (Å²) >= 11 is 1.49. The van der Waals surface area contributed by atoms with Crippen LogP contribution in [0, 0.1) is 0 Å². The molecule has 4 aromatic rings. The summed E-state index contributed by atoms with van der Waals surface area (Å²) in [4.78, 5) is 24.3. The maximum Gasteiger partial charge on any atom is 0.335 e. The average Bonchev–Trinajstić information content (AvgIpc) is 3.35. The lowest BCUT2D eigenvalue weighted by Crippen LogP contribution is -2.47. The SMILES string of the molecule is O=C(O)c1ccc(-c2nnc(-c3ccc(N4CCN(c5ncccn5)CC4)cc3)s2)cc1. The molecule has 160 valence electrons. The molecule has 32 heavy (non-hydrogen) atoms. The van der Waals surface area contributed by atoms with Crippen molar-refractivity contribution in [3.05, 3.63) is 72.6 Å². The van der Waals surface area contributed by atoms with E-state index in [4.69, 9.17) is 5.11 Å². The Bertz CT molecular complexity index is 1200. The molecule has 2 aromatic carbocycles. The van der Waals surface area contributed by atoms with Crippen molar-refractivity contribution in [2.45, 2.75) is 0 Å². The molecule has 1 N–H and O–H groups in total. The molecule has 0 amide bonds. The minimum atomic E-state index is -0.940. The second-order valence-corrected chi connectivity index (χ2v) is 8.34. The van der Waals surface area contributed by atoms with Crippen molar-refractivity contribution < 1.29 is 9.90 Å². The standard InChI is InChI=1S/C23H20N6O2S/c30-22(31)18-4-2-16(3-5-18)20-26-27-21(32-20)17-6-8-19(9-7-17)28-12-14-29(15-13-28)23-24-10-1-11-25-23/h1-11H,12-15H2,(H,30,31). The highest BCUT2D eigenvalue weighted by molar-refractivity contribution is 7.17. The predicted octanol–water partition coefficient (Wildman–Crippen LogP) is 3.69. The van der Waals surface area contributed by atoms with Crippen molar-refractivity contribution in [1.29, 1.82) is 0 Å². The lowest BCUT2D eigenvalue weighted by molar-refractivity contribution is 0.0697. The first kappa shape index (κ1) is 20.1. The highest BCUT2D eigenvalue weighted by atomic mass is 32.1. The van der Waals surface area contributed by atoms with Gasteiger partial charge in [0.1, 0.15) is 10.0 Å². The van der Waals surface area contributed by atoms with Gasteiger partial charge in [0.2, 0.25) is 5.95 Å². The molecule has 1 aliphatic rings. The van der Waals surface area contributed by atoms with E-state index in [2.05, 4.69) is 54.2 Å². The molecular formula is C23H20N6O2S. The summed E-state index contributed by atoms with van der Waals surface area (Å²) in [6.45, 7) is 3.58. The summed E-state index contributed by atoms with van der Waals surface area (Å²) in [5.41, 5.74) is 3.30. The number of hydrogen-bond donors (Lipinski definition) is 1. The van der Waals surface area contributed by atoms with Crippen molar-refractivity contribution >= 4 is 28.9 Å². The third-order valence-electron chi connectivity index (χ3n) is 5.40. The fourth-order valence-corrected chi connectivity index (χ4v) is 4.50. The van der Waals surface area contributed by atoms with Crippen LogP contribution in [0.15, 0.2) is 67.0 Å². The van der Waals surface area contributed by atoms with Gasteiger partial charge in [-0.2, -0.15) is 0 Å². The zero-order valence-corrected chi connectivity index (χ0v) is 17.9. The maximum absolute atomic E-state index is 11.0. The van der Waals surface area contributed by atoms with Gasteiger partial charge in [0.15, 0.2) is 0 Å². The smallest absolute Gasteiger partial charge is 0.335 e. The quantitative estimate of drug-likeness (QED) is 0.498. The number of rotatable bonds is 5. The van der Waals surface area contributed by atoms with Crippen LogP contribution in [0.5, 0.6) is 0 Å². The average molecular weight is 445 g/mol. The Hall–Kier alpha value is -3.85. The molecule has 0 aliphatic carbocycles. The fraction of sp³-hybridized carbons (Fsp3) is 0.174. The van der Waals surface area contributed by atoms with Gasteiger partial charge in [-0.1, -0.05) is 23.5 Å². The first-order valence-corrected chi connectivity index (χ1v) is 11.0. The molecule has 0 spiro atoms. The second-order valence-electron chi connectivity index (χ2n) is 7.36. The third kappa shape index (κ3) is 4.15. The van der Waals surface area contributed by atoms with Crippen molar-refractivity contribution in [3.8, 4) is 21.1 Å². The number of aromatic carboxylic acids is 1. The predicted molar refractivity (Wildman–Crippen MR) is 124 cm³/mol. The van der Waals surface area contributed by atoms with Crippen LogP contribution >= 0.6 is 11.3 Å². The zero-order chi connectivity index (χ0) is 21.9. The Kier molecular flexibility index (Phi) is 5.47. The van der Waals surface area contributed by atoms with Crippen molar-refractivity contribution in [3.63, 3.8) is 0 Å². The lowest BCUT2D eigenvalue weighted by Gasteiger charge is -2.36. The van der Waals surface area contributed by atoms with Gasteiger partial charge in [-0.3, -0.25) is 0 Å². The molecule has 5 rings (SSSR count). The molecule has 1 aliphatic heterocycles. The molecule has 0 saturated carbocycles. The van der Waals surface area contributed by atoms with E-state index >= 15 is 0 Å². The van der Waals surface area contributed by atoms with E-state index in [0.29, 0.717) is 0 Å². The van der Waals surface area contributed by atoms with Crippen LogP contribution in [0.2, 0.25) is 0 Å². The third-order valence-corrected chi connectivity index (χ3v) is 6.42. The summed E-state index contributed by atoms with van der Waals surface area (Å²) in [5.74, 6) is -0.156. The number of aromatic nitrogens is 4. The number of carbonyl (C=O) groups is 1. The summed E-state index contributed by atoms with van der Waals surface area (Å²) in [5, 5.41) is 19.2. The minimum Gasteiger partial charge on any atom is -0.478 e. The first-order chi connectivity index (χ1) is 15.7. The van der Waals surface area contributed by atoms with Crippen LogP contribution < -0.4 is 9.80 Å². The Labute approximate surface area is 188 Å². The van der Waals surface area contributed by atoms with Gasteiger partial charge >= 0.3 is 5.97 Å². The summed E-state index contributed by atoms with van der Waals surface area (Å²) in [6.07, 6.45) is 3.55. The lowest BCUT2D eigenvalue weighted by atomic mass is 10.1. The largest absolute Gasteiger partial charge is 0.478 e. The van der Waals surface area contributed by atoms with E-state index < -0.39 is 5.97 Å². The first-order valence-electron chi connectivity index (χ1n) is 10.2. The van der Waals surface area contributed by atoms with E-state index in [-0.39, 0.29) is 5.56 Å².